The molecule has 0 heterocycles. The largest absolute Gasteiger partial charge is 0.488 e. The van der Waals surface area contributed by atoms with Crippen molar-refractivity contribution in [3.8, 4) is 11.5 Å². The number of hydrazone groups is 1. The van der Waals surface area contributed by atoms with Crippen LogP contribution in [-0.2, 0) is 11.4 Å². The number of amides is 1. The molecule has 0 bridgehead atoms. The maximum Gasteiger partial charge on any atom is 0.277 e. The molecule has 0 aromatic heterocycles. The van der Waals surface area contributed by atoms with Gasteiger partial charge in [-0.2, -0.15) is 5.10 Å². The predicted molar refractivity (Wildman–Crippen MR) is 121 cm³/mol. The highest BCUT2D eigenvalue weighted by Gasteiger charge is 2.12. The number of hydrogen-bond acceptors (Lipinski definition) is 6. The second kappa shape index (κ2) is 10.9. The zero-order valence-corrected chi connectivity index (χ0v) is 18.1. The summed E-state index contributed by atoms with van der Waals surface area (Å²) < 4.78 is 24.6. The Kier molecular flexibility index (Phi) is 7.69. The second-order valence-corrected chi connectivity index (χ2v) is 7.18. The van der Waals surface area contributed by atoms with E-state index < -0.39 is 16.6 Å². The van der Waals surface area contributed by atoms with Crippen LogP contribution in [0.2, 0.25) is 0 Å². The van der Waals surface area contributed by atoms with Crippen LogP contribution in [0.5, 0.6) is 11.5 Å². The van der Waals surface area contributed by atoms with Crippen molar-refractivity contribution in [3.05, 3.63) is 98.8 Å². The van der Waals surface area contributed by atoms with E-state index in [1.54, 1.807) is 18.2 Å². The summed E-state index contributed by atoms with van der Waals surface area (Å²) in [5.74, 6) is -0.0115. The molecular formula is C24H22FN3O5. The highest BCUT2D eigenvalue weighted by Crippen LogP contribution is 2.24. The first kappa shape index (κ1) is 23.4. The lowest BCUT2D eigenvalue weighted by Gasteiger charge is -2.10. The van der Waals surface area contributed by atoms with Crippen molar-refractivity contribution < 1.29 is 23.6 Å². The zero-order valence-electron chi connectivity index (χ0n) is 18.1. The number of nitro groups is 1. The van der Waals surface area contributed by atoms with E-state index >= 15 is 0 Å². The summed E-state index contributed by atoms with van der Waals surface area (Å²) in [5, 5.41) is 15.0. The summed E-state index contributed by atoms with van der Waals surface area (Å²) in [6.45, 7) is 3.64. The Labute approximate surface area is 189 Å². The molecule has 0 unspecified atom stereocenters. The van der Waals surface area contributed by atoms with Crippen LogP contribution in [0.1, 0.15) is 22.3 Å². The van der Waals surface area contributed by atoms with Crippen molar-refractivity contribution in [2.45, 2.75) is 20.5 Å². The molecule has 0 saturated carbocycles. The predicted octanol–water partition coefficient (Wildman–Crippen LogP) is 4.46. The molecule has 0 aliphatic heterocycles. The van der Waals surface area contributed by atoms with Crippen LogP contribution in [0.25, 0.3) is 0 Å². The first-order valence-electron chi connectivity index (χ1n) is 10.00. The molecule has 3 aromatic carbocycles. The summed E-state index contributed by atoms with van der Waals surface area (Å²) in [7, 11) is 0. The van der Waals surface area contributed by atoms with Gasteiger partial charge in [-0.3, -0.25) is 14.9 Å². The van der Waals surface area contributed by atoms with Gasteiger partial charge in [-0.1, -0.05) is 24.3 Å². The third-order valence-corrected chi connectivity index (χ3v) is 4.79. The van der Waals surface area contributed by atoms with Crippen LogP contribution in [0, 0.1) is 29.8 Å². The Hall–Kier alpha value is -4.27. The molecule has 8 nitrogen and oxygen atoms in total. The van der Waals surface area contributed by atoms with Crippen molar-refractivity contribution in [2.24, 2.45) is 5.10 Å². The van der Waals surface area contributed by atoms with Gasteiger partial charge in [-0.15, -0.1) is 0 Å². The lowest BCUT2D eigenvalue weighted by atomic mass is 10.1. The minimum Gasteiger partial charge on any atom is -0.488 e. The summed E-state index contributed by atoms with van der Waals surface area (Å²) in [6.07, 6.45) is 1.24. The molecule has 0 aliphatic carbocycles. The average molecular weight is 451 g/mol. The van der Waals surface area contributed by atoms with Crippen molar-refractivity contribution in [2.75, 3.05) is 6.61 Å². The number of carbonyl (C=O) groups is 1. The number of nitrogens with one attached hydrogen (secondary N) is 1. The number of rotatable bonds is 9. The molecule has 1 N–H and O–H groups in total. The molecule has 0 aliphatic rings. The third-order valence-electron chi connectivity index (χ3n) is 4.79. The number of ether oxygens (including phenoxy) is 2. The summed E-state index contributed by atoms with van der Waals surface area (Å²) in [5.41, 5.74) is 5.00. The molecule has 170 valence electrons. The lowest BCUT2D eigenvalue weighted by molar-refractivity contribution is -0.384. The first-order chi connectivity index (χ1) is 15.8. The average Bonchev–Trinajstić information content (AvgIpc) is 2.79. The van der Waals surface area contributed by atoms with E-state index in [1.165, 1.54) is 36.5 Å². The van der Waals surface area contributed by atoms with Crippen molar-refractivity contribution in [3.63, 3.8) is 0 Å². The quantitative estimate of drug-likeness (QED) is 0.294. The highest BCUT2D eigenvalue weighted by atomic mass is 19.1. The maximum absolute atomic E-state index is 13.4. The summed E-state index contributed by atoms with van der Waals surface area (Å²) >= 11 is 0. The molecule has 0 radical (unpaired) electrons. The number of carbonyl (C=O) groups excluding carboxylic acids is 1. The van der Waals surface area contributed by atoms with E-state index in [9.17, 15) is 19.3 Å². The van der Waals surface area contributed by atoms with Crippen LogP contribution in [0.15, 0.2) is 65.8 Å². The smallest absolute Gasteiger partial charge is 0.277 e. The minimum atomic E-state index is -0.551. The van der Waals surface area contributed by atoms with E-state index in [1.807, 2.05) is 26.0 Å². The van der Waals surface area contributed by atoms with Crippen molar-refractivity contribution in [1.29, 1.82) is 0 Å². The molecule has 0 saturated heterocycles. The Bertz CT molecular complexity index is 1200. The SMILES string of the molecule is Cc1cccc(OCC(=O)N/N=C\c2cc([N+](=O)[O-])ccc2OCc2cccc(F)c2)c1C. The van der Waals surface area contributed by atoms with Gasteiger partial charge < -0.3 is 9.47 Å². The lowest BCUT2D eigenvalue weighted by Crippen LogP contribution is -2.24. The topological polar surface area (TPSA) is 103 Å². The number of non-ortho nitro benzene ring substituents is 1. The Morgan fingerprint density at radius 3 is 2.64 bits per heavy atom. The van der Waals surface area contributed by atoms with Gasteiger partial charge in [0.2, 0.25) is 0 Å². The standard InChI is InChI=1S/C24H22FN3O5/c1-16-5-3-8-22(17(16)2)33-15-24(29)27-26-13-19-12-21(28(30)31)9-10-23(19)32-14-18-6-4-7-20(25)11-18/h3-13H,14-15H2,1-2H3,(H,27,29)/b26-13-. The van der Waals surface area contributed by atoms with Crippen molar-refractivity contribution >= 4 is 17.8 Å². The van der Waals surface area contributed by atoms with E-state index in [-0.39, 0.29) is 30.2 Å². The van der Waals surface area contributed by atoms with Crippen molar-refractivity contribution in [1.82, 2.24) is 5.43 Å². The molecule has 3 rings (SSSR count). The van der Waals surface area contributed by atoms with Crippen LogP contribution in [0.3, 0.4) is 0 Å². The van der Waals surface area contributed by atoms with Gasteiger partial charge in [0.25, 0.3) is 11.6 Å². The molecule has 1 amide bonds. The Morgan fingerprint density at radius 1 is 1.09 bits per heavy atom. The van der Waals surface area contributed by atoms with Gasteiger partial charge in [0.05, 0.1) is 11.1 Å². The fourth-order valence-corrected chi connectivity index (χ4v) is 2.90. The van der Waals surface area contributed by atoms with Gasteiger partial charge in [0.15, 0.2) is 6.61 Å². The zero-order chi connectivity index (χ0) is 23.8. The van der Waals surface area contributed by atoms with Gasteiger partial charge in [-0.25, -0.2) is 9.82 Å². The summed E-state index contributed by atoms with van der Waals surface area (Å²) in [4.78, 5) is 22.7. The third kappa shape index (κ3) is 6.60. The number of nitro benzene ring substituents is 1. The molecule has 0 atom stereocenters. The number of hydrogen-bond donors (Lipinski definition) is 1. The van der Waals surface area contributed by atoms with Crippen LogP contribution in [0.4, 0.5) is 10.1 Å². The normalized spacial score (nSPS) is 10.8. The number of halogens is 1. The Balaban J connectivity index is 1.65. The molecule has 3 aromatic rings. The number of aryl methyl sites for hydroxylation is 1. The first-order valence-corrected chi connectivity index (χ1v) is 10.00. The molecule has 33 heavy (non-hydrogen) atoms. The number of nitrogens with zero attached hydrogens (tertiary/aromatic N) is 2. The fourth-order valence-electron chi connectivity index (χ4n) is 2.90. The fraction of sp³-hybridized carbons (Fsp3) is 0.167. The Morgan fingerprint density at radius 2 is 1.88 bits per heavy atom. The van der Waals surface area contributed by atoms with Gasteiger partial charge in [0.1, 0.15) is 23.9 Å². The molecule has 9 heteroatoms. The van der Waals surface area contributed by atoms with Crippen LogP contribution < -0.4 is 14.9 Å². The van der Waals surface area contributed by atoms with Gasteiger partial charge in [-0.05, 0) is 54.8 Å². The molecule has 0 spiro atoms. The number of benzene rings is 3. The molecule has 0 fully saturated rings. The van der Waals surface area contributed by atoms with E-state index in [0.29, 0.717) is 11.3 Å². The molecular weight excluding hydrogens is 429 g/mol. The van der Waals surface area contributed by atoms with Crippen LogP contribution in [-0.4, -0.2) is 23.7 Å². The van der Waals surface area contributed by atoms with E-state index in [2.05, 4.69) is 10.5 Å². The van der Waals surface area contributed by atoms with Gasteiger partial charge >= 0.3 is 0 Å². The van der Waals surface area contributed by atoms with E-state index in [4.69, 9.17) is 9.47 Å². The van der Waals surface area contributed by atoms with Gasteiger partial charge in [0, 0.05) is 17.7 Å². The monoisotopic (exact) mass is 451 g/mol. The summed E-state index contributed by atoms with van der Waals surface area (Å²) in [6, 6.07) is 15.4. The minimum absolute atomic E-state index is 0.0481. The highest BCUT2D eigenvalue weighted by molar-refractivity contribution is 5.86. The second-order valence-electron chi connectivity index (χ2n) is 7.18. The van der Waals surface area contributed by atoms with E-state index in [0.717, 1.165) is 11.1 Å². The maximum atomic E-state index is 13.4. The van der Waals surface area contributed by atoms with Crippen LogP contribution >= 0.6 is 0 Å².